The summed E-state index contributed by atoms with van der Waals surface area (Å²) in [5.74, 6) is 0.889. The number of nitrogens with one attached hydrogen (secondary N) is 3. The Hall–Kier alpha value is -2.04. The van der Waals surface area contributed by atoms with Gasteiger partial charge in [-0.15, -0.1) is 0 Å². The van der Waals surface area contributed by atoms with Gasteiger partial charge in [0.2, 0.25) is 5.91 Å². The average Bonchev–Trinajstić information content (AvgIpc) is 2.94. The number of nitrogens with zero attached hydrogens (tertiary/aromatic N) is 1. The van der Waals surface area contributed by atoms with Crippen molar-refractivity contribution in [2.24, 2.45) is 4.99 Å². The number of rotatable bonds is 3. The van der Waals surface area contributed by atoms with E-state index < -0.39 is 0 Å². The number of hydrogen-bond donors (Lipinski definition) is 3. The quantitative estimate of drug-likeness (QED) is 0.759. The topological polar surface area (TPSA) is 65.5 Å². The van der Waals surface area contributed by atoms with Crippen molar-refractivity contribution in [1.29, 1.82) is 0 Å². The maximum Gasteiger partial charge on any atom is 0.232 e. The fourth-order valence-corrected chi connectivity index (χ4v) is 2.56. The predicted octanol–water partition coefficient (Wildman–Crippen LogP) is 1.05. The van der Waals surface area contributed by atoms with Crippen LogP contribution >= 0.6 is 0 Å². The van der Waals surface area contributed by atoms with Gasteiger partial charge in [-0.1, -0.05) is 18.2 Å². The van der Waals surface area contributed by atoms with Crippen LogP contribution in [0.2, 0.25) is 0 Å². The van der Waals surface area contributed by atoms with Crippen molar-refractivity contribution >= 4 is 17.6 Å². The van der Waals surface area contributed by atoms with E-state index >= 15 is 0 Å². The van der Waals surface area contributed by atoms with Gasteiger partial charge < -0.3 is 16.0 Å². The highest BCUT2D eigenvalue weighted by Gasteiger charge is 2.29. The van der Waals surface area contributed by atoms with Gasteiger partial charge in [0.25, 0.3) is 0 Å². The van der Waals surface area contributed by atoms with E-state index in [1.807, 2.05) is 24.3 Å². The van der Waals surface area contributed by atoms with Crippen LogP contribution in [0.1, 0.15) is 24.8 Å². The first-order chi connectivity index (χ1) is 9.24. The van der Waals surface area contributed by atoms with Gasteiger partial charge in [-0.25, -0.2) is 0 Å². The van der Waals surface area contributed by atoms with E-state index in [0.717, 1.165) is 36.7 Å². The molecule has 3 rings (SSSR count). The lowest BCUT2D eigenvalue weighted by atomic mass is 9.97. The van der Waals surface area contributed by atoms with Gasteiger partial charge in [0.05, 0.1) is 12.5 Å². The van der Waals surface area contributed by atoms with Gasteiger partial charge >= 0.3 is 0 Å². The summed E-state index contributed by atoms with van der Waals surface area (Å²) in [5, 5.41) is 9.42. The number of para-hydroxylation sites is 1. The number of carbonyl (C=O) groups excluding carboxylic acids is 1. The predicted molar refractivity (Wildman–Crippen MR) is 75.3 cm³/mol. The summed E-state index contributed by atoms with van der Waals surface area (Å²) >= 11 is 0. The van der Waals surface area contributed by atoms with Crippen LogP contribution in [0.5, 0.6) is 0 Å². The second-order valence-electron chi connectivity index (χ2n) is 5.08. The van der Waals surface area contributed by atoms with Crippen LogP contribution in [0, 0.1) is 0 Å². The standard InChI is InChI=1S/C14H18N4O/c1-9-8-16-14(17-9)15-7-6-11-10-4-2-3-5-12(10)18-13(11)19/h2-5,9,11H,6-8H2,1H3,(H,18,19)(H2,15,16,17). The summed E-state index contributed by atoms with van der Waals surface area (Å²) in [5.41, 5.74) is 2.05. The SMILES string of the molecule is CC1CN=C(NCCC2C(=O)Nc3ccccc32)N1. The van der Waals surface area contributed by atoms with Gasteiger partial charge in [0.15, 0.2) is 5.96 Å². The van der Waals surface area contributed by atoms with E-state index in [2.05, 4.69) is 27.9 Å². The number of guanidine groups is 1. The third kappa shape index (κ3) is 2.41. The molecule has 0 saturated carbocycles. The Morgan fingerprint density at radius 1 is 1.42 bits per heavy atom. The van der Waals surface area contributed by atoms with Crippen molar-refractivity contribution in [2.45, 2.75) is 25.3 Å². The summed E-state index contributed by atoms with van der Waals surface area (Å²) in [4.78, 5) is 16.3. The smallest absolute Gasteiger partial charge is 0.232 e. The van der Waals surface area contributed by atoms with E-state index in [-0.39, 0.29) is 11.8 Å². The highest BCUT2D eigenvalue weighted by Crippen LogP contribution is 2.33. The Labute approximate surface area is 112 Å². The lowest BCUT2D eigenvalue weighted by Gasteiger charge is -2.11. The minimum absolute atomic E-state index is 0.0527. The maximum absolute atomic E-state index is 11.9. The van der Waals surface area contributed by atoms with Crippen molar-refractivity contribution < 1.29 is 4.79 Å². The Bertz CT molecular complexity index is 526. The van der Waals surface area contributed by atoms with Crippen LogP contribution < -0.4 is 16.0 Å². The number of amides is 1. The molecule has 1 amide bonds. The van der Waals surface area contributed by atoms with Crippen molar-refractivity contribution in [3.8, 4) is 0 Å². The number of aliphatic imine (C=N–C) groups is 1. The van der Waals surface area contributed by atoms with E-state index in [1.165, 1.54) is 0 Å². The van der Waals surface area contributed by atoms with Crippen molar-refractivity contribution in [2.75, 3.05) is 18.4 Å². The molecule has 2 unspecified atom stereocenters. The summed E-state index contributed by atoms with van der Waals surface area (Å²) in [6.07, 6.45) is 0.776. The molecule has 5 heteroatoms. The van der Waals surface area contributed by atoms with E-state index in [4.69, 9.17) is 0 Å². The van der Waals surface area contributed by atoms with Crippen molar-refractivity contribution in [3.63, 3.8) is 0 Å². The van der Waals surface area contributed by atoms with Crippen LogP contribution in [0.4, 0.5) is 5.69 Å². The Kier molecular flexibility index (Phi) is 3.11. The molecule has 0 spiro atoms. The lowest BCUT2D eigenvalue weighted by molar-refractivity contribution is -0.117. The molecule has 100 valence electrons. The first-order valence-electron chi connectivity index (χ1n) is 6.68. The van der Waals surface area contributed by atoms with E-state index in [9.17, 15) is 4.79 Å². The second-order valence-corrected chi connectivity index (χ2v) is 5.08. The van der Waals surface area contributed by atoms with Gasteiger partial charge in [0.1, 0.15) is 0 Å². The third-order valence-electron chi connectivity index (χ3n) is 3.54. The molecule has 0 radical (unpaired) electrons. The first kappa shape index (κ1) is 12.0. The molecule has 0 saturated heterocycles. The van der Waals surface area contributed by atoms with Gasteiger partial charge in [-0.05, 0) is 25.0 Å². The molecule has 1 aromatic carbocycles. The molecule has 0 aliphatic carbocycles. The zero-order valence-electron chi connectivity index (χ0n) is 10.9. The van der Waals surface area contributed by atoms with Crippen molar-refractivity contribution in [1.82, 2.24) is 10.6 Å². The minimum atomic E-state index is -0.0527. The van der Waals surface area contributed by atoms with Gasteiger partial charge in [0, 0.05) is 18.3 Å². The number of carbonyl (C=O) groups is 1. The van der Waals surface area contributed by atoms with E-state index in [0.29, 0.717) is 6.04 Å². The molecule has 0 aromatic heterocycles. The summed E-state index contributed by atoms with van der Waals surface area (Å²) in [6.45, 7) is 3.65. The summed E-state index contributed by atoms with van der Waals surface area (Å²) in [6, 6.07) is 8.29. The molecule has 2 aliphatic heterocycles. The molecule has 1 aromatic rings. The number of fused-ring (bicyclic) bond motifs is 1. The molecule has 0 bridgehead atoms. The fourth-order valence-electron chi connectivity index (χ4n) is 2.56. The molecule has 2 aliphatic rings. The molecule has 19 heavy (non-hydrogen) atoms. The highest BCUT2D eigenvalue weighted by molar-refractivity contribution is 6.02. The molecular formula is C14H18N4O. The molecule has 2 atom stereocenters. The fraction of sp³-hybridized carbons (Fsp3) is 0.429. The number of benzene rings is 1. The zero-order chi connectivity index (χ0) is 13.2. The third-order valence-corrected chi connectivity index (χ3v) is 3.54. The molecule has 2 heterocycles. The Balaban J connectivity index is 1.57. The Morgan fingerprint density at radius 2 is 2.26 bits per heavy atom. The largest absolute Gasteiger partial charge is 0.356 e. The molecule has 3 N–H and O–H groups in total. The highest BCUT2D eigenvalue weighted by atomic mass is 16.2. The van der Waals surface area contributed by atoms with E-state index in [1.54, 1.807) is 0 Å². The van der Waals surface area contributed by atoms with Crippen molar-refractivity contribution in [3.05, 3.63) is 29.8 Å². The summed E-state index contributed by atoms with van der Waals surface area (Å²) < 4.78 is 0. The van der Waals surface area contributed by atoms with Crippen LogP contribution in [-0.2, 0) is 4.79 Å². The monoisotopic (exact) mass is 258 g/mol. The first-order valence-corrected chi connectivity index (χ1v) is 6.68. The Morgan fingerprint density at radius 3 is 3.05 bits per heavy atom. The minimum Gasteiger partial charge on any atom is -0.356 e. The van der Waals surface area contributed by atoms with Gasteiger partial charge in [-0.2, -0.15) is 0 Å². The van der Waals surface area contributed by atoms with Gasteiger partial charge in [-0.3, -0.25) is 9.79 Å². The van der Waals surface area contributed by atoms with Crippen LogP contribution in [0.25, 0.3) is 0 Å². The normalized spacial score (nSPS) is 24.5. The zero-order valence-corrected chi connectivity index (χ0v) is 10.9. The number of hydrogen-bond acceptors (Lipinski definition) is 4. The summed E-state index contributed by atoms with van der Waals surface area (Å²) in [7, 11) is 0. The molecule has 5 nitrogen and oxygen atoms in total. The van der Waals surface area contributed by atoms with Crippen LogP contribution in [-0.4, -0.2) is 31.0 Å². The maximum atomic E-state index is 11.9. The van der Waals surface area contributed by atoms with Crippen LogP contribution in [0.3, 0.4) is 0 Å². The second kappa shape index (κ2) is 4.91. The van der Waals surface area contributed by atoms with Crippen LogP contribution in [0.15, 0.2) is 29.3 Å². The molecular weight excluding hydrogens is 240 g/mol. The average molecular weight is 258 g/mol. The lowest BCUT2D eigenvalue weighted by Crippen LogP contribution is -2.38. The number of anilines is 1. The molecule has 0 fully saturated rings.